The Morgan fingerprint density at radius 2 is 2.33 bits per heavy atom. The highest BCUT2D eigenvalue weighted by molar-refractivity contribution is 6.02. The summed E-state index contributed by atoms with van der Waals surface area (Å²) < 4.78 is 0. The molecule has 0 unspecified atom stereocenters. The van der Waals surface area contributed by atoms with Crippen LogP contribution in [0.5, 0.6) is 0 Å². The molecule has 0 saturated heterocycles. The van der Waals surface area contributed by atoms with E-state index in [-0.39, 0.29) is 0 Å². The molecule has 102 valence electrons. The molecule has 0 spiro atoms. The van der Waals surface area contributed by atoms with E-state index in [4.69, 9.17) is 11.1 Å². The third-order valence-electron chi connectivity index (χ3n) is 2.94. The van der Waals surface area contributed by atoms with Gasteiger partial charge in [-0.3, -0.25) is 9.98 Å². The molecule has 0 saturated carbocycles. The predicted molar refractivity (Wildman–Crippen MR) is 77.3 cm³/mol. The maximum Gasteiger partial charge on any atom is 0.134 e. The summed E-state index contributed by atoms with van der Waals surface area (Å²) in [7, 11) is 0. The molecule has 0 aliphatic carbocycles. The average Bonchev–Trinajstić information content (AvgIpc) is 2.94. The zero-order chi connectivity index (χ0) is 14.7. The van der Waals surface area contributed by atoms with Gasteiger partial charge in [0.1, 0.15) is 12.2 Å². The SMILES string of the molecule is N#Cc1ccc2ncc3[nH]c(CN=CN=NN)nc3c2c1. The molecule has 0 amide bonds. The lowest BCUT2D eigenvalue weighted by Crippen LogP contribution is -1.84. The first-order valence-corrected chi connectivity index (χ1v) is 6.07. The van der Waals surface area contributed by atoms with Crippen LogP contribution in [-0.4, -0.2) is 21.3 Å². The van der Waals surface area contributed by atoms with Gasteiger partial charge < -0.3 is 10.8 Å². The summed E-state index contributed by atoms with van der Waals surface area (Å²) in [5, 5.41) is 16.3. The number of aromatic amines is 1. The van der Waals surface area contributed by atoms with Crippen molar-refractivity contribution >= 4 is 28.3 Å². The lowest BCUT2D eigenvalue weighted by atomic mass is 10.1. The van der Waals surface area contributed by atoms with E-state index in [2.05, 4.69) is 36.4 Å². The van der Waals surface area contributed by atoms with Crippen molar-refractivity contribution in [3.8, 4) is 6.07 Å². The van der Waals surface area contributed by atoms with Gasteiger partial charge in [-0.05, 0) is 18.2 Å². The molecule has 1 aromatic carbocycles. The van der Waals surface area contributed by atoms with E-state index in [0.717, 1.165) is 21.9 Å². The molecule has 0 aliphatic heterocycles. The number of rotatable bonds is 3. The van der Waals surface area contributed by atoms with Crippen LogP contribution in [0.4, 0.5) is 0 Å². The summed E-state index contributed by atoms with van der Waals surface area (Å²) in [5.41, 5.74) is 2.92. The minimum atomic E-state index is 0.327. The Morgan fingerprint density at radius 1 is 1.43 bits per heavy atom. The van der Waals surface area contributed by atoms with Gasteiger partial charge in [0.25, 0.3) is 0 Å². The summed E-state index contributed by atoms with van der Waals surface area (Å²) in [5.74, 6) is 5.54. The number of nitrogens with zero attached hydrogens (tertiary/aromatic N) is 6. The molecule has 3 N–H and O–H groups in total. The maximum atomic E-state index is 8.99. The first-order chi connectivity index (χ1) is 10.3. The molecule has 3 aromatic rings. The van der Waals surface area contributed by atoms with Crippen molar-refractivity contribution in [2.75, 3.05) is 0 Å². The monoisotopic (exact) mass is 278 g/mol. The van der Waals surface area contributed by atoms with Crippen molar-refractivity contribution in [2.45, 2.75) is 6.54 Å². The molecule has 0 aliphatic rings. The molecular weight excluding hydrogens is 268 g/mol. The molecule has 2 heterocycles. The Kier molecular flexibility index (Phi) is 3.22. The predicted octanol–water partition coefficient (Wildman–Crippen LogP) is 1.84. The van der Waals surface area contributed by atoms with Gasteiger partial charge in [-0.1, -0.05) is 5.22 Å². The van der Waals surface area contributed by atoms with Crippen molar-refractivity contribution in [3.63, 3.8) is 0 Å². The largest absolute Gasteiger partial charge is 0.339 e. The number of H-pyrrole nitrogens is 1. The van der Waals surface area contributed by atoms with Crippen LogP contribution < -0.4 is 5.84 Å². The standard InChI is InChI=1S/C13H10N8/c14-4-8-1-2-10-9(3-8)13-11(5-17-10)19-12(20-13)6-16-7-18-21-15/h1-3,5,7H,6H2,(H,19,20)(H2,15,16,18). The van der Waals surface area contributed by atoms with Gasteiger partial charge in [-0.15, -0.1) is 5.11 Å². The Morgan fingerprint density at radius 3 is 3.14 bits per heavy atom. The normalized spacial score (nSPS) is 11.8. The van der Waals surface area contributed by atoms with Crippen LogP contribution in [0.25, 0.3) is 21.9 Å². The number of hydrogen-bond donors (Lipinski definition) is 2. The molecule has 2 aromatic heterocycles. The molecular formula is C13H10N8. The molecule has 0 atom stereocenters. The van der Waals surface area contributed by atoms with Crippen LogP contribution in [0.15, 0.2) is 39.7 Å². The fourth-order valence-corrected chi connectivity index (χ4v) is 2.05. The van der Waals surface area contributed by atoms with Crippen LogP contribution in [-0.2, 0) is 6.54 Å². The lowest BCUT2D eigenvalue weighted by molar-refractivity contribution is 0.955. The minimum absolute atomic E-state index is 0.327. The Balaban J connectivity index is 2.08. The van der Waals surface area contributed by atoms with Crippen molar-refractivity contribution in [1.29, 1.82) is 5.26 Å². The molecule has 0 fully saturated rings. The van der Waals surface area contributed by atoms with Crippen molar-refractivity contribution in [2.24, 2.45) is 21.2 Å². The van der Waals surface area contributed by atoms with Crippen molar-refractivity contribution < 1.29 is 0 Å². The first kappa shape index (κ1) is 12.7. The minimum Gasteiger partial charge on any atom is -0.339 e. The van der Waals surface area contributed by atoms with Gasteiger partial charge in [0.05, 0.1) is 40.9 Å². The van der Waals surface area contributed by atoms with Crippen LogP contribution in [0.1, 0.15) is 11.4 Å². The number of hydrogen-bond acceptors (Lipinski definition) is 5. The van der Waals surface area contributed by atoms with Crippen LogP contribution in [0.3, 0.4) is 0 Å². The Bertz CT molecular complexity index is 900. The second-order valence-corrected chi connectivity index (χ2v) is 4.23. The lowest BCUT2D eigenvalue weighted by Gasteiger charge is -1.97. The van der Waals surface area contributed by atoms with E-state index in [9.17, 15) is 0 Å². The fourth-order valence-electron chi connectivity index (χ4n) is 2.05. The van der Waals surface area contributed by atoms with Crippen LogP contribution in [0, 0.1) is 11.3 Å². The molecule has 8 nitrogen and oxygen atoms in total. The molecule has 0 bridgehead atoms. The van der Waals surface area contributed by atoms with Crippen LogP contribution >= 0.6 is 0 Å². The van der Waals surface area contributed by atoms with E-state index in [1.165, 1.54) is 6.34 Å². The van der Waals surface area contributed by atoms with Gasteiger partial charge in [0.2, 0.25) is 0 Å². The molecule has 3 rings (SSSR count). The second kappa shape index (κ2) is 5.34. The van der Waals surface area contributed by atoms with Gasteiger partial charge in [0.15, 0.2) is 0 Å². The zero-order valence-corrected chi connectivity index (χ0v) is 10.9. The Hall–Kier alpha value is -3.34. The van der Waals surface area contributed by atoms with E-state index in [1.807, 2.05) is 6.07 Å². The summed E-state index contributed by atoms with van der Waals surface area (Å²) in [6.45, 7) is 0.327. The fraction of sp³-hybridized carbons (Fsp3) is 0.0769. The summed E-state index contributed by atoms with van der Waals surface area (Å²) >= 11 is 0. The topological polar surface area (TPSA) is 128 Å². The summed E-state index contributed by atoms with van der Waals surface area (Å²) in [6, 6.07) is 7.43. The van der Waals surface area contributed by atoms with Gasteiger partial charge in [0, 0.05) is 5.39 Å². The van der Waals surface area contributed by atoms with E-state index >= 15 is 0 Å². The third-order valence-corrected chi connectivity index (χ3v) is 2.94. The number of nitrogens with two attached hydrogens (primary N) is 1. The second-order valence-electron chi connectivity index (χ2n) is 4.23. The summed E-state index contributed by atoms with van der Waals surface area (Å²) in [6.07, 6.45) is 2.97. The molecule has 21 heavy (non-hydrogen) atoms. The highest BCUT2D eigenvalue weighted by atomic mass is 15.3. The third kappa shape index (κ3) is 2.40. The number of pyridine rings is 1. The summed E-state index contributed by atoms with van der Waals surface area (Å²) in [4.78, 5) is 16.0. The number of aliphatic imine (C=N–C) groups is 1. The van der Waals surface area contributed by atoms with E-state index in [1.54, 1.807) is 18.3 Å². The number of benzene rings is 1. The van der Waals surface area contributed by atoms with E-state index in [0.29, 0.717) is 17.9 Å². The van der Waals surface area contributed by atoms with Crippen molar-refractivity contribution in [1.82, 2.24) is 15.0 Å². The van der Waals surface area contributed by atoms with Gasteiger partial charge in [-0.2, -0.15) is 5.26 Å². The quantitative estimate of drug-likeness (QED) is 0.249. The van der Waals surface area contributed by atoms with Crippen LogP contribution in [0.2, 0.25) is 0 Å². The highest BCUT2D eigenvalue weighted by Gasteiger charge is 2.08. The highest BCUT2D eigenvalue weighted by Crippen LogP contribution is 2.22. The number of nitriles is 1. The smallest absolute Gasteiger partial charge is 0.134 e. The molecule has 0 radical (unpaired) electrons. The number of aromatic nitrogens is 3. The average molecular weight is 278 g/mol. The van der Waals surface area contributed by atoms with E-state index < -0.39 is 0 Å². The first-order valence-electron chi connectivity index (χ1n) is 6.07. The van der Waals surface area contributed by atoms with Gasteiger partial charge in [-0.25, -0.2) is 4.98 Å². The van der Waals surface area contributed by atoms with Gasteiger partial charge >= 0.3 is 0 Å². The molecule has 8 heteroatoms. The zero-order valence-electron chi connectivity index (χ0n) is 10.9. The number of imidazole rings is 1. The van der Waals surface area contributed by atoms with Crippen molar-refractivity contribution in [3.05, 3.63) is 35.8 Å². The number of fused-ring (bicyclic) bond motifs is 3. The Labute approximate surface area is 119 Å². The number of nitrogens with one attached hydrogen (secondary N) is 1. The maximum absolute atomic E-state index is 8.99.